The number of carbonyl (C=O) groups is 1. The molecule has 0 amide bonds. The van der Waals surface area contributed by atoms with Gasteiger partial charge in [0.2, 0.25) is 0 Å². The third-order valence-electron chi connectivity index (χ3n) is 14.8. The van der Waals surface area contributed by atoms with Crippen molar-refractivity contribution in [3.8, 4) is 5.82 Å². The average molecular weight is 1310 g/mol. The fourth-order valence-electron chi connectivity index (χ4n) is 11.3. The van der Waals surface area contributed by atoms with Crippen molar-refractivity contribution in [3.05, 3.63) is 103 Å². The van der Waals surface area contributed by atoms with Crippen molar-refractivity contribution >= 4 is 107 Å². The van der Waals surface area contributed by atoms with Crippen LogP contribution >= 0.6 is 50.7 Å². The maximum atomic E-state index is 13.7. The number of anilines is 3. The summed E-state index contributed by atoms with van der Waals surface area (Å²) >= 11 is 19.5. The molecule has 0 aromatic carbocycles. The highest BCUT2D eigenvalue weighted by molar-refractivity contribution is 9.09. The Labute approximate surface area is 515 Å². The molecule has 8 aromatic rings. The molecule has 460 valence electrons. The summed E-state index contributed by atoms with van der Waals surface area (Å²) in [6.45, 7) is 21.0. The molecule has 15 nitrogen and oxygen atoms in total. The minimum Gasteiger partial charge on any atom is -0.382 e. The van der Waals surface area contributed by atoms with E-state index in [0.717, 1.165) is 140 Å². The first-order valence-electron chi connectivity index (χ1n) is 29.1. The first-order chi connectivity index (χ1) is 40.5. The molecule has 10 rings (SSSR count). The number of aromatic nitrogens is 11. The van der Waals surface area contributed by atoms with Crippen LogP contribution in [0, 0.1) is 20.8 Å². The predicted octanol–water partition coefficient (Wildman–Crippen LogP) is 17.4. The summed E-state index contributed by atoms with van der Waals surface area (Å²) in [4.78, 5) is 37.9. The van der Waals surface area contributed by atoms with Crippen LogP contribution < -0.4 is 15.1 Å². The molecule has 10 heterocycles. The van der Waals surface area contributed by atoms with Gasteiger partial charge in [-0.15, -0.1) is 0 Å². The minimum atomic E-state index is -4.61. The van der Waals surface area contributed by atoms with Crippen LogP contribution in [0.15, 0.2) is 42.7 Å². The topological polar surface area (TPSA) is 175 Å². The van der Waals surface area contributed by atoms with Crippen molar-refractivity contribution in [1.82, 2.24) is 55.1 Å². The number of ketones is 1. The van der Waals surface area contributed by atoms with E-state index < -0.39 is 28.6 Å². The molecule has 3 N–H and O–H groups in total. The third kappa shape index (κ3) is 16.0. The average Bonchev–Trinajstić information content (AvgIpc) is 2.38. The van der Waals surface area contributed by atoms with Gasteiger partial charge in [0.25, 0.3) is 0 Å². The molecule has 0 fully saturated rings. The molecule has 0 atom stereocenters. The summed E-state index contributed by atoms with van der Waals surface area (Å²) in [5.74, 6) is -0.317. The van der Waals surface area contributed by atoms with Crippen LogP contribution in [0.4, 0.5) is 43.4 Å². The summed E-state index contributed by atoms with van der Waals surface area (Å²) in [6, 6.07) is 9.32. The second-order valence-corrected chi connectivity index (χ2v) is 23.3. The standard InChI is InChI=1S/C22H25ClF3N5.C16H23BrN4O.C16H24N4.C6H2Cl2F3N/c1-4-6-15(7-5-2)30-9-8-17-19-18(30)10-13(3)28-21(19)31(29-17)20-16(22(24,25)26)11-14(23)12-27-20;1-4-6-11(7-5-2)19-12-8-10(3)18-16-14(12)15(20-21-16)13(22)9-17;1-4-6-12(7-5-2)20-9-8-13-15-14(20)10-11(3)17-16(15)19-18-13;7-3-1-4(6(9,10)11)5(8)12-2-3/h10-12,15H,4-9H2,1-3H3;8,11H,4-7,9H2,1-3H3,(H2,18,19,20,21);10,12H,4-9H2,1-3H3,(H,17,18,19);1-2H. The van der Waals surface area contributed by atoms with E-state index >= 15 is 0 Å². The van der Waals surface area contributed by atoms with E-state index in [1.165, 1.54) is 53.3 Å². The fraction of sp³-hybridized carbons (Fsp3) is 0.517. The van der Waals surface area contributed by atoms with Crippen LogP contribution in [-0.2, 0) is 25.2 Å². The molecule has 8 aromatic heterocycles. The van der Waals surface area contributed by atoms with Gasteiger partial charge in [-0.2, -0.15) is 46.3 Å². The lowest BCUT2D eigenvalue weighted by molar-refractivity contribution is -0.138. The lowest BCUT2D eigenvalue weighted by Crippen LogP contribution is -2.39. The number of hydrogen-bond acceptors (Lipinski definition) is 12. The van der Waals surface area contributed by atoms with E-state index in [9.17, 15) is 31.1 Å². The number of aromatic amines is 2. The number of nitrogens with one attached hydrogen (secondary N) is 3. The number of nitrogens with zero attached hydrogens (tertiary/aromatic N) is 11. The second kappa shape index (κ2) is 29.7. The molecule has 2 aliphatic rings. The van der Waals surface area contributed by atoms with Crippen molar-refractivity contribution < 1.29 is 31.1 Å². The number of aryl methyl sites for hydroxylation is 3. The molecule has 0 unspecified atom stereocenters. The zero-order valence-electron chi connectivity index (χ0n) is 49.4. The Bertz CT molecular complexity index is 3540. The minimum absolute atomic E-state index is 0.0151. The molecule has 0 saturated carbocycles. The van der Waals surface area contributed by atoms with Gasteiger partial charge < -0.3 is 15.1 Å². The summed E-state index contributed by atoms with van der Waals surface area (Å²) in [6.07, 6.45) is 8.62. The van der Waals surface area contributed by atoms with Crippen LogP contribution in [0.1, 0.15) is 169 Å². The monoisotopic (exact) mass is 1300 g/mol. The molecule has 0 radical (unpaired) electrons. The van der Waals surface area contributed by atoms with Crippen LogP contribution in [-0.4, -0.2) is 97.4 Å². The van der Waals surface area contributed by atoms with Gasteiger partial charge in [0.05, 0.1) is 54.2 Å². The van der Waals surface area contributed by atoms with Crippen LogP contribution in [0.5, 0.6) is 0 Å². The molecule has 0 bridgehead atoms. The highest BCUT2D eigenvalue weighted by Crippen LogP contribution is 2.41. The Morgan fingerprint density at radius 2 is 1.13 bits per heavy atom. The first-order valence-corrected chi connectivity index (χ1v) is 31.3. The number of alkyl halides is 7. The fourth-order valence-corrected chi connectivity index (χ4v) is 12.1. The van der Waals surface area contributed by atoms with E-state index in [1.54, 1.807) is 0 Å². The molecular formula is C60H74BrCl3F6N14O. The summed E-state index contributed by atoms with van der Waals surface area (Å²) < 4.78 is 78.6. The number of pyridine rings is 5. The van der Waals surface area contributed by atoms with Gasteiger partial charge in [0.15, 0.2) is 28.5 Å². The predicted molar refractivity (Wildman–Crippen MR) is 333 cm³/mol. The molecule has 2 aliphatic heterocycles. The van der Waals surface area contributed by atoms with Gasteiger partial charge in [0.1, 0.15) is 16.4 Å². The molecule has 85 heavy (non-hydrogen) atoms. The first kappa shape index (κ1) is 66.7. The lowest BCUT2D eigenvalue weighted by Gasteiger charge is -2.36. The second-order valence-electron chi connectivity index (χ2n) is 21.5. The SMILES string of the molecule is CCCC(CCC)N1CCc2[nH]nc3nc(C)cc1c23.CCCC(CCC)N1CCc2nn(-c3ncc(Cl)cc3C(F)(F)F)c3nc(C)cc1c23.CCCC(CCC)Nc1cc(C)nc2n[nH]c(C(=O)CBr)c12.FC(F)(F)c1cc(Cl)cnc1Cl. The Hall–Kier alpha value is -5.84. The van der Waals surface area contributed by atoms with Crippen LogP contribution in [0.25, 0.3) is 38.9 Å². The molecule has 0 aliphatic carbocycles. The van der Waals surface area contributed by atoms with E-state index in [-0.39, 0.29) is 27.0 Å². The van der Waals surface area contributed by atoms with Gasteiger partial charge in [-0.3, -0.25) is 15.0 Å². The quantitative estimate of drug-likeness (QED) is 0.0303. The van der Waals surface area contributed by atoms with Gasteiger partial charge in [-0.1, -0.05) is 131 Å². The van der Waals surface area contributed by atoms with E-state index in [4.69, 9.17) is 34.8 Å². The van der Waals surface area contributed by atoms with Gasteiger partial charge in [-0.05, 0) is 89.6 Å². The van der Waals surface area contributed by atoms with Crippen molar-refractivity contribution in [3.63, 3.8) is 0 Å². The summed E-state index contributed by atoms with van der Waals surface area (Å²) in [5.41, 5.74) is 8.46. The van der Waals surface area contributed by atoms with Crippen LogP contribution in [0.2, 0.25) is 15.2 Å². The zero-order valence-corrected chi connectivity index (χ0v) is 53.3. The number of fused-ring (bicyclic) bond motifs is 1. The number of Topliss-reactive ketones (excluding diaryl/α,β-unsaturated/α-hetero) is 1. The number of H-pyrrole nitrogens is 2. The normalized spacial score (nSPS) is 13.2. The largest absolute Gasteiger partial charge is 0.420 e. The summed E-state index contributed by atoms with van der Waals surface area (Å²) in [5, 5.41) is 25.1. The number of rotatable bonds is 19. The third-order valence-corrected chi connectivity index (χ3v) is 16.1. The van der Waals surface area contributed by atoms with E-state index in [1.807, 2.05) is 26.0 Å². The Balaban J connectivity index is 0.000000170. The molecule has 25 heteroatoms. The van der Waals surface area contributed by atoms with Gasteiger partial charge in [0, 0.05) is 84.9 Å². The maximum Gasteiger partial charge on any atom is 0.420 e. The molecule has 0 saturated heterocycles. The van der Waals surface area contributed by atoms with Gasteiger partial charge >= 0.3 is 12.4 Å². The highest BCUT2D eigenvalue weighted by atomic mass is 79.9. The zero-order chi connectivity index (χ0) is 61.9. The number of carbonyl (C=O) groups excluding carboxylic acids is 1. The van der Waals surface area contributed by atoms with Gasteiger partial charge in [-0.25, -0.2) is 24.9 Å². The molecular weight excluding hydrogens is 1230 g/mol. The van der Waals surface area contributed by atoms with Crippen LogP contribution in [0.3, 0.4) is 0 Å². The summed E-state index contributed by atoms with van der Waals surface area (Å²) in [7, 11) is 0. The Morgan fingerprint density at radius 1 is 0.635 bits per heavy atom. The van der Waals surface area contributed by atoms with Crippen molar-refractivity contribution in [1.29, 1.82) is 0 Å². The number of halogens is 10. The van der Waals surface area contributed by atoms with E-state index in [2.05, 4.69) is 136 Å². The smallest absolute Gasteiger partial charge is 0.382 e. The Morgan fingerprint density at radius 3 is 1.67 bits per heavy atom. The van der Waals surface area contributed by atoms with Crippen molar-refractivity contribution in [2.75, 3.05) is 33.5 Å². The van der Waals surface area contributed by atoms with Crippen molar-refractivity contribution in [2.45, 2.75) is 183 Å². The number of hydrogen-bond donors (Lipinski definition) is 3. The maximum absolute atomic E-state index is 13.7. The van der Waals surface area contributed by atoms with Crippen molar-refractivity contribution in [2.24, 2.45) is 0 Å². The van der Waals surface area contributed by atoms with E-state index in [0.29, 0.717) is 41.5 Å². The Kier molecular flexibility index (Phi) is 23.3. The highest BCUT2D eigenvalue weighted by Gasteiger charge is 2.38. The lowest BCUT2D eigenvalue weighted by atomic mass is 9.99. The molecule has 0 spiro atoms.